The Morgan fingerprint density at radius 3 is 2.24 bits per heavy atom. The average Bonchev–Trinajstić information content (AvgIpc) is 2.44. The van der Waals surface area contributed by atoms with Crippen LogP contribution in [-0.2, 0) is 17.9 Å². The minimum atomic E-state index is 0.165. The molecule has 1 nitrogen and oxygen atoms in total. The number of rotatable bonds is 4. The van der Waals surface area contributed by atoms with Gasteiger partial charge in [-0.1, -0.05) is 62.7 Å². The third-order valence-electron chi connectivity index (χ3n) is 3.42. The van der Waals surface area contributed by atoms with E-state index in [1.54, 1.807) is 0 Å². The van der Waals surface area contributed by atoms with Crippen molar-refractivity contribution >= 4 is 23.2 Å². The van der Waals surface area contributed by atoms with Crippen LogP contribution in [0.2, 0.25) is 5.02 Å². The Kier molecular flexibility index (Phi) is 5.18. The van der Waals surface area contributed by atoms with Crippen LogP contribution < -0.4 is 4.74 Å². The third kappa shape index (κ3) is 4.15. The molecule has 0 heterocycles. The van der Waals surface area contributed by atoms with E-state index < -0.39 is 0 Å². The van der Waals surface area contributed by atoms with E-state index in [2.05, 4.69) is 45.0 Å². The summed E-state index contributed by atoms with van der Waals surface area (Å²) in [6.07, 6.45) is 0. The highest BCUT2D eigenvalue weighted by molar-refractivity contribution is 6.32. The van der Waals surface area contributed by atoms with Gasteiger partial charge in [-0.15, -0.1) is 11.6 Å². The van der Waals surface area contributed by atoms with Crippen LogP contribution in [0.4, 0.5) is 0 Å². The van der Waals surface area contributed by atoms with Crippen molar-refractivity contribution in [1.29, 1.82) is 0 Å². The topological polar surface area (TPSA) is 9.23 Å². The van der Waals surface area contributed by atoms with Gasteiger partial charge in [0.05, 0.1) is 5.88 Å². The lowest BCUT2D eigenvalue weighted by Crippen LogP contribution is -2.10. The molecule has 2 rings (SSSR count). The van der Waals surface area contributed by atoms with Crippen molar-refractivity contribution in [1.82, 2.24) is 0 Å². The van der Waals surface area contributed by atoms with E-state index in [-0.39, 0.29) is 5.41 Å². The maximum atomic E-state index is 6.12. The van der Waals surface area contributed by atoms with E-state index in [1.807, 2.05) is 18.2 Å². The zero-order valence-electron chi connectivity index (χ0n) is 12.6. The SMILES string of the molecule is CC(C)(C)c1ccc(COc2cccc(Cl)c2CCl)cc1. The molecular weight excluding hydrogens is 303 g/mol. The number of benzene rings is 2. The summed E-state index contributed by atoms with van der Waals surface area (Å²) in [7, 11) is 0. The normalized spacial score (nSPS) is 11.5. The van der Waals surface area contributed by atoms with Gasteiger partial charge in [0.2, 0.25) is 0 Å². The summed E-state index contributed by atoms with van der Waals surface area (Å²) in [5, 5.41) is 0.644. The van der Waals surface area contributed by atoms with Gasteiger partial charge < -0.3 is 4.74 Å². The molecule has 0 aliphatic rings. The summed E-state index contributed by atoms with van der Waals surface area (Å²) in [5.74, 6) is 1.09. The Hall–Kier alpha value is -1.18. The summed E-state index contributed by atoms with van der Waals surface area (Å²) < 4.78 is 5.85. The van der Waals surface area contributed by atoms with Gasteiger partial charge in [-0.2, -0.15) is 0 Å². The fourth-order valence-electron chi connectivity index (χ4n) is 2.07. The van der Waals surface area contributed by atoms with Crippen molar-refractivity contribution in [3.8, 4) is 5.75 Å². The molecule has 0 aromatic heterocycles. The number of alkyl halides is 1. The van der Waals surface area contributed by atoms with Crippen molar-refractivity contribution in [3.63, 3.8) is 0 Å². The van der Waals surface area contributed by atoms with Crippen molar-refractivity contribution in [2.75, 3.05) is 0 Å². The molecule has 0 aliphatic carbocycles. The van der Waals surface area contributed by atoms with Crippen molar-refractivity contribution in [2.24, 2.45) is 0 Å². The Morgan fingerprint density at radius 2 is 1.67 bits per heavy atom. The molecule has 2 aromatic rings. The number of hydrogen-bond donors (Lipinski definition) is 0. The van der Waals surface area contributed by atoms with Gasteiger partial charge >= 0.3 is 0 Å². The number of hydrogen-bond acceptors (Lipinski definition) is 1. The number of halogens is 2. The van der Waals surface area contributed by atoms with Crippen LogP contribution >= 0.6 is 23.2 Å². The van der Waals surface area contributed by atoms with E-state index >= 15 is 0 Å². The quantitative estimate of drug-likeness (QED) is 0.631. The van der Waals surface area contributed by atoms with Gasteiger partial charge in [0.15, 0.2) is 0 Å². The second-order valence-corrected chi connectivity index (χ2v) is 6.76. The summed E-state index contributed by atoms with van der Waals surface area (Å²) in [4.78, 5) is 0. The molecule has 0 N–H and O–H groups in total. The lowest BCUT2D eigenvalue weighted by molar-refractivity contribution is 0.304. The molecule has 0 radical (unpaired) electrons. The molecule has 0 bridgehead atoms. The second-order valence-electron chi connectivity index (χ2n) is 6.09. The minimum absolute atomic E-state index is 0.165. The molecule has 0 atom stereocenters. The maximum Gasteiger partial charge on any atom is 0.125 e. The zero-order chi connectivity index (χ0) is 15.5. The number of ether oxygens (including phenoxy) is 1. The van der Waals surface area contributed by atoms with Gasteiger partial charge in [-0.05, 0) is 28.7 Å². The zero-order valence-corrected chi connectivity index (χ0v) is 14.1. The van der Waals surface area contributed by atoms with E-state index in [4.69, 9.17) is 27.9 Å². The van der Waals surface area contributed by atoms with Gasteiger partial charge in [0.1, 0.15) is 12.4 Å². The molecule has 2 aromatic carbocycles. The highest BCUT2D eigenvalue weighted by atomic mass is 35.5. The fraction of sp³-hybridized carbons (Fsp3) is 0.333. The highest BCUT2D eigenvalue weighted by Crippen LogP contribution is 2.29. The molecule has 0 saturated carbocycles. The molecule has 21 heavy (non-hydrogen) atoms. The minimum Gasteiger partial charge on any atom is -0.489 e. The molecule has 0 saturated heterocycles. The predicted molar refractivity (Wildman–Crippen MR) is 90.5 cm³/mol. The van der Waals surface area contributed by atoms with E-state index in [1.165, 1.54) is 5.56 Å². The van der Waals surface area contributed by atoms with Crippen LogP contribution in [0, 0.1) is 0 Å². The standard InChI is InChI=1S/C18H20Cl2O/c1-18(2,3)14-9-7-13(8-10-14)12-21-17-6-4-5-16(20)15(17)11-19/h4-10H,11-12H2,1-3H3. The Bertz CT molecular complexity index is 598. The molecule has 0 unspecified atom stereocenters. The van der Waals surface area contributed by atoms with Crippen LogP contribution in [0.5, 0.6) is 5.75 Å². The lowest BCUT2D eigenvalue weighted by Gasteiger charge is -2.19. The maximum absolute atomic E-state index is 6.12. The van der Waals surface area contributed by atoms with Gasteiger partial charge in [0.25, 0.3) is 0 Å². The Labute approximate surface area is 136 Å². The van der Waals surface area contributed by atoms with Crippen LogP contribution in [0.3, 0.4) is 0 Å². The molecular formula is C18H20Cl2O. The molecule has 112 valence electrons. The molecule has 0 aliphatic heterocycles. The van der Waals surface area contributed by atoms with Crippen LogP contribution in [-0.4, -0.2) is 0 Å². The van der Waals surface area contributed by atoms with Crippen LogP contribution in [0.1, 0.15) is 37.5 Å². The van der Waals surface area contributed by atoms with Gasteiger partial charge in [0, 0.05) is 10.6 Å². The van der Waals surface area contributed by atoms with E-state index in [0.29, 0.717) is 17.5 Å². The summed E-state index contributed by atoms with van der Waals surface area (Å²) >= 11 is 12.0. The average molecular weight is 323 g/mol. The van der Waals surface area contributed by atoms with E-state index in [9.17, 15) is 0 Å². The second kappa shape index (κ2) is 6.72. The van der Waals surface area contributed by atoms with E-state index in [0.717, 1.165) is 16.9 Å². The largest absolute Gasteiger partial charge is 0.489 e. The van der Waals surface area contributed by atoms with Crippen LogP contribution in [0.15, 0.2) is 42.5 Å². The summed E-state index contributed by atoms with van der Waals surface area (Å²) in [6.45, 7) is 7.13. The highest BCUT2D eigenvalue weighted by Gasteiger charge is 2.13. The predicted octanol–water partition coefficient (Wildman–Crippen LogP) is 5.96. The fourth-order valence-corrected chi connectivity index (χ4v) is 2.64. The molecule has 0 fully saturated rings. The third-order valence-corrected chi connectivity index (χ3v) is 4.05. The summed E-state index contributed by atoms with van der Waals surface area (Å²) in [6, 6.07) is 14.1. The molecule has 0 spiro atoms. The summed E-state index contributed by atoms with van der Waals surface area (Å²) in [5.41, 5.74) is 3.45. The molecule has 3 heteroatoms. The Balaban J connectivity index is 2.09. The van der Waals surface area contributed by atoms with Gasteiger partial charge in [-0.25, -0.2) is 0 Å². The molecule has 0 amide bonds. The Morgan fingerprint density at radius 1 is 1.00 bits per heavy atom. The first-order valence-electron chi connectivity index (χ1n) is 6.97. The first kappa shape index (κ1) is 16.2. The van der Waals surface area contributed by atoms with Crippen molar-refractivity contribution in [3.05, 3.63) is 64.2 Å². The van der Waals surface area contributed by atoms with Crippen LogP contribution in [0.25, 0.3) is 0 Å². The van der Waals surface area contributed by atoms with Gasteiger partial charge in [-0.3, -0.25) is 0 Å². The smallest absolute Gasteiger partial charge is 0.125 e. The lowest BCUT2D eigenvalue weighted by atomic mass is 9.87. The first-order chi connectivity index (χ1) is 9.91. The monoisotopic (exact) mass is 322 g/mol. The van der Waals surface area contributed by atoms with Crippen molar-refractivity contribution < 1.29 is 4.74 Å². The van der Waals surface area contributed by atoms with Crippen molar-refractivity contribution in [2.45, 2.75) is 38.7 Å². The first-order valence-corrected chi connectivity index (χ1v) is 7.88.